The maximum atomic E-state index is 11.3. The first-order chi connectivity index (χ1) is 7.36. The third kappa shape index (κ3) is 2.57. The lowest BCUT2D eigenvalue weighted by Crippen LogP contribution is -2.18. The van der Waals surface area contributed by atoms with Gasteiger partial charge in [0, 0.05) is 30.6 Å². The monoisotopic (exact) mass is 204 g/mol. The van der Waals surface area contributed by atoms with Crippen molar-refractivity contribution in [2.45, 2.75) is 13.1 Å². The second-order valence-corrected chi connectivity index (χ2v) is 3.22. The average molecular weight is 204 g/mol. The fourth-order valence-electron chi connectivity index (χ4n) is 1.32. The van der Waals surface area contributed by atoms with Gasteiger partial charge >= 0.3 is 0 Å². The minimum absolute atomic E-state index is 0.0423. The van der Waals surface area contributed by atoms with Crippen molar-refractivity contribution in [3.05, 3.63) is 58.4 Å². The Morgan fingerprint density at radius 1 is 1.33 bits per heavy atom. The molecule has 0 unspecified atom stereocenters. The standard InChI is InChI=1S/C11H12N2O2/c14-11-3-4-12-6-9(11)7-13-8-10-2-1-5-15-10/h1-6,13H,7-8H2,(H,12,14). The van der Waals surface area contributed by atoms with Crippen LogP contribution >= 0.6 is 0 Å². The van der Waals surface area contributed by atoms with E-state index in [1.165, 1.54) is 6.07 Å². The van der Waals surface area contributed by atoms with E-state index in [4.69, 9.17) is 4.42 Å². The second-order valence-electron chi connectivity index (χ2n) is 3.22. The van der Waals surface area contributed by atoms with Crippen molar-refractivity contribution >= 4 is 0 Å². The predicted molar refractivity (Wildman–Crippen MR) is 56.3 cm³/mol. The Hall–Kier alpha value is -1.81. The lowest BCUT2D eigenvalue weighted by molar-refractivity contribution is 0.482. The van der Waals surface area contributed by atoms with Crippen LogP contribution < -0.4 is 10.7 Å². The van der Waals surface area contributed by atoms with Crippen molar-refractivity contribution in [2.24, 2.45) is 0 Å². The third-order valence-electron chi connectivity index (χ3n) is 2.10. The van der Waals surface area contributed by atoms with Crippen molar-refractivity contribution in [3.63, 3.8) is 0 Å². The van der Waals surface area contributed by atoms with Gasteiger partial charge in [0.2, 0.25) is 0 Å². The fraction of sp³-hybridized carbons (Fsp3) is 0.182. The van der Waals surface area contributed by atoms with Crippen LogP contribution in [-0.4, -0.2) is 4.98 Å². The van der Waals surface area contributed by atoms with Gasteiger partial charge in [0.1, 0.15) is 5.76 Å². The summed E-state index contributed by atoms with van der Waals surface area (Å²) in [6.45, 7) is 1.16. The van der Waals surface area contributed by atoms with Crippen molar-refractivity contribution < 1.29 is 4.42 Å². The molecule has 4 nitrogen and oxygen atoms in total. The van der Waals surface area contributed by atoms with E-state index in [0.29, 0.717) is 13.1 Å². The van der Waals surface area contributed by atoms with E-state index in [-0.39, 0.29) is 5.43 Å². The number of aromatic amines is 1. The molecule has 0 saturated carbocycles. The van der Waals surface area contributed by atoms with E-state index in [1.54, 1.807) is 18.7 Å². The maximum absolute atomic E-state index is 11.3. The molecule has 4 heteroatoms. The highest BCUT2D eigenvalue weighted by Crippen LogP contribution is 1.99. The van der Waals surface area contributed by atoms with Crippen molar-refractivity contribution in [1.29, 1.82) is 0 Å². The molecule has 0 radical (unpaired) electrons. The van der Waals surface area contributed by atoms with Crippen LogP contribution in [0.25, 0.3) is 0 Å². The molecule has 2 heterocycles. The number of hydrogen-bond acceptors (Lipinski definition) is 3. The Kier molecular flexibility index (Phi) is 2.99. The molecule has 0 aliphatic heterocycles. The van der Waals surface area contributed by atoms with Gasteiger partial charge in [-0.2, -0.15) is 0 Å². The summed E-state index contributed by atoms with van der Waals surface area (Å²) in [4.78, 5) is 14.2. The van der Waals surface area contributed by atoms with Crippen molar-refractivity contribution in [2.75, 3.05) is 0 Å². The third-order valence-corrected chi connectivity index (χ3v) is 2.10. The summed E-state index contributed by atoms with van der Waals surface area (Å²) in [5.74, 6) is 0.863. The molecule has 2 N–H and O–H groups in total. The molecule has 2 rings (SSSR count). The van der Waals surface area contributed by atoms with Gasteiger partial charge < -0.3 is 14.7 Å². The van der Waals surface area contributed by atoms with Crippen LogP contribution in [0.15, 0.2) is 46.1 Å². The average Bonchev–Trinajstić information content (AvgIpc) is 2.74. The lowest BCUT2D eigenvalue weighted by atomic mass is 10.3. The first-order valence-corrected chi connectivity index (χ1v) is 4.75. The summed E-state index contributed by atoms with van der Waals surface area (Å²) in [6.07, 6.45) is 4.96. The molecular weight excluding hydrogens is 192 g/mol. The zero-order chi connectivity index (χ0) is 10.5. The largest absolute Gasteiger partial charge is 0.468 e. The zero-order valence-electron chi connectivity index (χ0n) is 8.19. The van der Waals surface area contributed by atoms with Gasteiger partial charge in [0.25, 0.3) is 0 Å². The molecule has 0 aliphatic rings. The van der Waals surface area contributed by atoms with Crippen LogP contribution in [0, 0.1) is 0 Å². The molecule has 2 aromatic heterocycles. The maximum Gasteiger partial charge on any atom is 0.186 e. The topological polar surface area (TPSA) is 58.0 Å². The minimum Gasteiger partial charge on any atom is -0.468 e. The highest BCUT2D eigenvalue weighted by Gasteiger charge is 1.98. The lowest BCUT2D eigenvalue weighted by Gasteiger charge is -2.01. The number of aromatic nitrogens is 1. The smallest absolute Gasteiger partial charge is 0.186 e. The van der Waals surface area contributed by atoms with Crippen LogP contribution in [0.2, 0.25) is 0 Å². The minimum atomic E-state index is 0.0423. The van der Waals surface area contributed by atoms with Gasteiger partial charge in [-0.25, -0.2) is 0 Å². The number of H-pyrrole nitrogens is 1. The van der Waals surface area contributed by atoms with E-state index >= 15 is 0 Å². The summed E-state index contributed by atoms with van der Waals surface area (Å²) in [6, 6.07) is 5.25. The van der Waals surface area contributed by atoms with Crippen LogP contribution in [0.1, 0.15) is 11.3 Å². The van der Waals surface area contributed by atoms with Crippen LogP contribution in [0.4, 0.5) is 0 Å². The second kappa shape index (κ2) is 4.61. The summed E-state index contributed by atoms with van der Waals surface area (Å²) in [7, 11) is 0. The molecule has 0 atom stereocenters. The summed E-state index contributed by atoms with van der Waals surface area (Å²) in [5, 5.41) is 3.13. The van der Waals surface area contributed by atoms with Crippen LogP contribution in [-0.2, 0) is 13.1 Å². The molecule has 0 saturated heterocycles. The molecule has 0 spiro atoms. The summed E-state index contributed by atoms with van der Waals surface area (Å²) >= 11 is 0. The molecule has 15 heavy (non-hydrogen) atoms. The first-order valence-electron chi connectivity index (χ1n) is 4.75. The molecule has 78 valence electrons. The summed E-state index contributed by atoms with van der Waals surface area (Å²) < 4.78 is 5.15. The molecule has 0 bridgehead atoms. The van der Waals surface area contributed by atoms with Gasteiger partial charge in [0.15, 0.2) is 5.43 Å². The van der Waals surface area contributed by atoms with Crippen molar-refractivity contribution in [3.8, 4) is 0 Å². The zero-order valence-corrected chi connectivity index (χ0v) is 8.19. The Bertz CT molecular complexity index is 459. The highest BCUT2D eigenvalue weighted by molar-refractivity contribution is 5.09. The Morgan fingerprint density at radius 3 is 3.00 bits per heavy atom. The van der Waals surface area contributed by atoms with Gasteiger partial charge in [-0.1, -0.05) is 0 Å². The number of rotatable bonds is 4. The normalized spacial score (nSPS) is 10.4. The number of furan rings is 1. The Labute approximate surface area is 86.9 Å². The molecule has 0 aliphatic carbocycles. The number of nitrogens with one attached hydrogen (secondary N) is 2. The number of pyridine rings is 1. The number of hydrogen-bond donors (Lipinski definition) is 2. The van der Waals surface area contributed by atoms with E-state index in [1.807, 2.05) is 12.1 Å². The van der Waals surface area contributed by atoms with Gasteiger partial charge in [-0.05, 0) is 12.1 Å². The summed E-state index contributed by atoms with van der Waals surface area (Å²) in [5.41, 5.74) is 0.768. The SMILES string of the molecule is O=c1cc[nH]cc1CNCc1ccco1. The Balaban J connectivity index is 1.89. The van der Waals surface area contributed by atoms with E-state index in [0.717, 1.165) is 11.3 Å². The van der Waals surface area contributed by atoms with Crippen LogP contribution in [0.3, 0.4) is 0 Å². The van der Waals surface area contributed by atoms with Crippen LogP contribution in [0.5, 0.6) is 0 Å². The van der Waals surface area contributed by atoms with E-state index in [9.17, 15) is 4.79 Å². The highest BCUT2D eigenvalue weighted by atomic mass is 16.3. The first kappa shape index (κ1) is 9.73. The van der Waals surface area contributed by atoms with E-state index < -0.39 is 0 Å². The molecule has 0 fully saturated rings. The van der Waals surface area contributed by atoms with Gasteiger partial charge in [-0.3, -0.25) is 4.79 Å². The van der Waals surface area contributed by atoms with Gasteiger partial charge in [-0.15, -0.1) is 0 Å². The molecule has 0 aromatic carbocycles. The Morgan fingerprint density at radius 2 is 2.27 bits per heavy atom. The fourth-order valence-corrected chi connectivity index (χ4v) is 1.32. The quantitative estimate of drug-likeness (QED) is 0.788. The van der Waals surface area contributed by atoms with Crippen molar-refractivity contribution in [1.82, 2.24) is 10.3 Å². The molecule has 2 aromatic rings. The molecule has 0 amide bonds. The van der Waals surface area contributed by atoms with E-state index in [2.05, 4.69) is 10.3 Å². The van der Waals surface area contributed by atoms with Gasteiger partial charge in [0.05, 0.1) is 12.8 Å². The molecular formula is C11H12N2O2. The predicted octanol–water partition coefficient (Wildman–Crippen LogP) is 1.26.